The number of hydrogen-bond acceptors (Lipinski definition) is 4. The summed E-state index contributed by atoms with van der Waals surface area (Å²) in [5.74, 6) is 2.91. The van der Waals surface area contributed by atoms with Crippen molar-refractivity contribution in [3.8, 4) is 28.4 Å². The first kappa shape index (κ1) is 43.0. The molecule has 5 nitrogen and oxygen atoms in total. The summed E-state index contributed by atoms with van der Waals surface area (Å²) in [5, 5.41) is 2.24. The number of rotatable bonds is 8. The number of fused-ring (bicyclic) bond motifs is 4. The van der Waals surface area contributed by atoms with Crippen LogP contribution >= 0.6 is 0 Å². The summed E-state index contributed by atoms with van der Waals surface area (Å²) < 4.78 is 9.02. The van der Waals surface area contributed by atoms with Crippen molar-refractivity contribution in [2.24, 2.45) is 0 Å². The van der Waals surface area contributed by atoms with Crippen molar-refractivity contribution in [1.82, 2.24) is 9.55 Å². The Kier molecular flexibility index (Phi) is 11.5. The molecule has 8 aromatic rings. The van der Waals surface area contributed by atoms with Gasteiger partial charge in [0.05, 0.1) is 0 Å². The van der Waals surface area contributed by atoms with Crippen LogP contribution in [0.4, 0.5) is 22.7 Å². The van der Waals surface area contributed by atoms with Crippen molar-refractivity contribution in [1.29, 1.82) is 0 Å². The molecule has 0 bridgehead atoms. The molecule has 62 heavy (non-hydrogen) atoms. The van der Waals surface area contributed by atoms with E-state index in [0.717, 1.165) is 55.9 Å². The number of benzene rings is 6. The topological polar surface area (TPSA) is 33.5 Å². The fraction of sp³-hybridized carbons (Fsp3) is 0.250. The number of anilines is 4. The molecule has 0 aliphatic carbocycles. The molecule has 3 heterocycles. The Balaban J connectivity index is 0.00000529. The van der Waals surface area contributed by atoms with Gasteiger partial charge in [0.2, 0.25) is 0 Å². The van der Waals surface area contributed by atoms with Gasteiger partial charge < -0.3 is 19.1 Å². The van der Waals surface area contributed by atoms with Crippen LogP contribution in [-0.4, -0.2) is 9.55 Å². The maximum Gasteiger partial charge on any atom is 0.135 e. The van der Waals surface area contributed by atoms with Crippen molar-refractivity contribution < 1.29 is 25.8 Å². The Labute approximate surface area is 382 Å². The molecule has 0 amide bonds. The minimum Gasteiger partial charge on any atom is -0.509 e. The van der Waals surface area contributed by atoms with Crippen LogP contribution in [-0.2, 0) is 31.9 Å². The molecule has 1 aliphatic rings. The van der Waals surface area contributed by atoms with E-state index in [1.807, 2.05) is 12.3 Å². The standard InChI is InChI=1S/C56H55N4O.Pt/c1-36(2)45-20-16-21-46(37(3)4)54(45)38-17-15-18-41(29-38)58-35-59(51-24-14-13-23-50(51)58)42-30-40(56(8,9)10)31-44(33-42)61-43-25-26-48-47-19-11-12-22-49(47)60(52(48)34-43)53-32-39(27-28-57-53)55(5,6)7;/h11-32,35-37H,1-10H3;/q-3;. The van der Waals surface area contributed by atoms with Gasteiger partial charge in [0, 0.05) is 61.3 Å². The molecule has 0 atom stereocenters. The van der Waals surface area contributed by atoms with Crippen LogP contribution in [0, 0.1) is 18.8 Å². The Bertz CT molecular complexity index is 2900. The van der Waals surface area contributed by atoms with Crippen molar-refractivity contribution in [2.45, 2.75) is 91.9 Å². The molecule has 2 aromatic heterocycles. The van der Waals surface area contributed by atoms with Gasteiger partial charge in [-0.1, -0.05) is 135 Å². The van der Waals surface area contributed by atoms with Crippen molar-refractivity contribution in [3.05, 3.63) is 175 Å². The normalized spacial score (nSPS) is 13.0. The fourth-order valence-corrected chi connectivity index (χ4v) is 8.65. The van der Waals surface area contributed by atoms with E-state index in [2.05, 4.69) is 224 Å². The Morgan fingerprint density at radius 3 is 1.95 bits per heavy atom. The minimum atomic E-state index is -0.156. The van der Waals surface area contributed by atoms with Gasteiger partial charge in [0.1, 0.15) is 5.82 Å². The zero-order chi connectivity index (χ0) is 42.8. The van der Waals surface area contributed by atoms with Gasteiger partial charge in [0.25, 0.3) is 0 Å². The first-order chi connectivity index (χ1) is 29.2. The smallest absolute Gasteiger partial charge is 0.135 e. The second kappa shape index (κ2) is 16.6. The van der Waals surface area contributed by atoms with Crippen LogP contribution in [0.25, 0.3) is 38.8 Å². The molecule has 0 radical (unpaired) electrons. The van der Waals surface area contributed by atoms with Gasteiger partial charge in [-0.15, -0.1) is 53.6 Å². The van der Waals surface area contributed by atoms with Crippen LogP contribution in [0.5, 0.6) is 11.5 Å². The van der Waals surface area contributed by atoms with Crippen LogP contribution < -0.4 is 14.5 Å². The second-order valence-corrected chi connectivity index (χ2v) is 19.1. The largest absolute Gasteiger partial charge is 0.509 e. The monoisotopic (exact) mass is 994 g/mol. The summed E-state index contributed by atoms with van der Waals surface area (Å²) in [6, 6.07) is 53.0. The fourth-order valence-electron chi connectivity index (χ4n) is 8.65. The van der Waals surface area contributed by atoms with Crippen molar-refractivity contribution in [2.75, 3.05) is 9.80 Å². The number of nitrogens with zero attached hydrogens (tertiary/aromatic N) is 4. The molecular formula is C56H55N4OPt-3. The van der Waals surface area contributed by atoms with Crippen LogP contribution in [0.15, 0.2) is 134 Å². The maximum absolute atomic E-state index is 6.81. The second-order valence-electron chi connectivity index (χ2n) is 19.1. The van der Waals surface area contributed by atoms with E-state index in [9.17, 15) is 0 Å². The quantitative estimate of drug-likeness (QED) is 0.142. The molecule has 318 valence electrons. The average molecular weight is 995 g/mol. The van der Waals surface area contributed by atoms with Crippen molar-refractivity contribution in [3.63, 3.8) is 0 Å². The summed E-state index contributed by atoms with van der Waals surface area (Å²) in [6.45, 7) is 24.8. The van der Waals surface area contributed by atoms with Crippen LogP contribution in [0.1, 0.15) is 103 Å². The number of pyridine rings is 1. The van der Waals surface area contributed by atoms with Gasteiger partial charge in [-0.3, -0.25) is 0 Å². The van der Waals surface area contributed by atoms with E-state index in [0.29, 0.717) is 23.3 Å². The summed E-state index contributed by atoms with van der Waals surface area (Å²) in [7, 11) is 0. The van der Waals surface area contributed by atoms with E-state index < -0.39 is 0 Å². The Morgan fingerprint density at radius 1 is 0.597 bits per heavy atom. The average Bonchev–Trinajstić information content (AvgIpc) is 3.79. The van der Waals surface area contributed by atoms with E-state index in [-0.39, 0.29) is 31.9 Å². The first-order valence-corrected chi connectivity index (χ1v) is 21.6. The van der Waals surface area contributed by atoms with Crippen molar-refractivity contribution >= 4 is 44.6 Å². The van der Waals surface area contributed by atoms with Gasteiger partial charge >= 0.3 is 0 Å². The molecule has 0 fully saturated rings. The Hall–Kier alpha value is -5.64. The predicted octanol–water partition coefficient (Wildman–Crippen LogP) is 15.5. The summed E-state index contributed by atoms with van der Waals surface area (Å²) in [4.78, 5) is 9.41. The van der Waals surface area contributed by atoms with E-state index in [1.54, 1.807) is 0 Å². The molecule has 0 N–H and O–H groups in total. The van der Waals surface area contributed by atoms with E-state index in [4.69, 9.17) is 9.72 Å². The number of aromatic nitrogens is 2. The molecule has 0 unspecified atom stereocenters. The Morgan fingerprint density at radius 2 is 1.26 bits per heavy atom. The number of hydrogen-bond donors (Lipinski definition) is 0. The minimum absolute atomic E-state index is 0. The molecule has 1 aliphatic heterocycles. The predicted molar refractivity (Wildman–Crippen MR) is 255 cm³/mol. The first-order valence-electron chi connectivity index (χ1n) is 21.6. The molecular weight excluding hydrogens is 940 g/mol. The van der Waals surface area contributed by atoms with E-state index >= 15 is 0 Å². The molecule has 0 saturated heterocycles. The summed E-state index contributed by atoms with van der Waals surface area (Å²) in [5.41, 5.74) is 13.7. The summed E-state index contributed by atoms with van der Waals surface area (Å²) in [6.07, 6.45) is 1.91. The molecule has 9 rings (SSSR count). The maximum atomic E-state index is 6.81. The van der Waals surface area contributed by atoms with Crippen LogP contribution in [0.2, 0.25) is 0 Å². The third-order valence-corrected chi connectivity index (χ3v) is 12.0. The third kappa shape index (κ3) is 7.97. The number of para-hydroxylation sites is 3. The van der Waals surface area contributed by atoms with Crippen LogP contribution in [0.3, 0.4) is 0 Å². The molecule has 6 aromatic carbocycles. The van der Waals surface area contributed by atoms with E-state index in [1.165, 1.54) is 27.8 Å². The molecule has 6 heteroatoms. The van der Waals surface area contributed by atoms with Gasteiger partial charge in [0.15, 0.2) is 0 Å². The third-order valence-electron chi connectivity index (χ3n) is 12.0. The zero-order valence-corrected chi connectivity index (χ0v) is 39.7. The zero-order valence-electron chi connectivity index (χ0n) is 37.4. The van der Waals surface area contributed by atoms with Gasteiger partial charge in [-0.2, -0.15) is 6.07 Å². The summed E-state index contributed by atoms with van der Waals surface area (Å²) >= 11 is 0. The number of ether oxygens (including phenoxy) is 1. The molecule has 0 spiro atoms. The van der Waals surface area contributed by atoms with Gasteiger partial charge in [-0.25, -0.2) is 4.98 Å². The SMILES string of the molecule is CC(C)c1cccc(C(C)C)c1-c1cccc(N2[CH-]N(c3[c-]c(Oc4[c-]c5c(cc4)c4ccccc4n5-c4cc(C(C)(C)C)ccn4)cc(C(C)(C)C)c3)c3ccccc32)c1.[Pt]. The van der Waals surface area contributed by atoms with Gasteiger partial charge in [-0.05, 0) is 98.3 Å². The molecule has 0 saturated carbocycles.